The highest BCUT2D eigenvalue weighted by Crippen LogP contribution is 2.29. The van der Waals surface area contributed by atoms with Crippen molar-refractivity contribution in [2.75, 3.05) is 0 Å². The Morgan fingerprint density at radius 3 is 2.94 bits per heavy atom. The van der Waals surface area contributed by atoms with Gasteiger partial charge >= 0.3 is 0 Å². The first-order chi connectivity index (χ1) is 8.65. The van der Waals surface area contributed by atoms with Crippen LogP contribution in [0.1, 0.15) is 57.2 Å². The van der Waals surface area contributed by atoms with Gasteiger partial charge in [-0.25, -0.2) is 0 Å². The van der Waals surface area contributed by atoms with Crippen LogP contribution < -0.4 is 5.32 Å². The van der Waals surface area contributed by atoms with Crippen molar-refractivity contribution in [2.45, 2.75) is 65.5 Å². The number of hydrogen-bond donors (Lipinski definition) is 2. The lowest BCUT2D eigenvalue weighted by molar-refractivity contribution is 0.252. The maximum atomic E-state index is 4.07. The molecule has 0 radical (unpaired) electrons. The molecule has 2 rings (SSSR count). The Morgan fingerprint density at radius 1 is 1.44 bits per heavy atom. The zero-order chi connectivity index (χ0) is 13.0. The second-order valence-corrected chi connectivity index (χ2v) is 6.26. The fourth-order valence-corrected chi connectivity index (χ4v) is 3.17. The number of nitrogens with one attached hydrogen (secondary N) is 2. The minimum absolute atomic E-state index is 0.705. The van der Waals surface area contributed by atoms with Crippen LogP contribution in [0, 0.1) is 18.8 Å². The van der Waals surface area contributed by atoms with Gasteiger partial charge in [0.1, 0.15) is 0 Å². The summed E-state index contributed by atoms with van der Waals surface area (Å²) in [7, 11) is 0. The van der Waals surface area contributed by atoms with Gasteiger partial charge in [-0.05, 0) is 38.0 Å². The zero-order valence-electron chi connectivity index (χ0n) is 12.0. The van der Waals surface area contributed by atoms with E-state index in [-0.39, 0.29) is 0 Å². The van der Waals surface area contributed by atoms with Crippen molar-refractivity contribution < 1.29 is 0 Å². The molecule has 1 fully saturated rings. The Bertz CT molecular complexity index is 356. The molecule has 102 valence electrons. The predicted molar refractivity (Wildman–Crippen MR) is 75.4 cm³/mol. The Labute approximate surface area is 111 Å². The van der Waals surface area contributed by atoms with Crippen LogP contribution in [0.5, 0.6) is 0 Å². The van der Waals surface area contributed by atoms with Crippen LogP contribution in [0.3, 0.4) is 0 Å². The van der Waals surface area contributed by atoms with Crippen molar-refractivity contribution in [1.82, 2.24) is 15.5 Å². The van der Waals surface area contributed by atoms with Crippen LogP contribution in [0.15, 0.2) is 6.20 Å². The lowest BCUT2D eigenvalue weighted by Gasteiger charge is -2.30. The first-order valence-electron chi connectivity index (χ1n) is 7.37. The number of hydrogen-bond acceptors (Lipinski definition) is 2. The maximum Gasteiger partial charge on any atom is 0.0535 e. The molecule has 18 heavy (non-hydrogen) atoms. The van der Waals surface area contributed by atoms with Crippen molar-refractivity contribution in [1.29, 1.82) is 0 Å². The number of aromatic nitrogens is 2. The molecular weight excluding hydrogens is 222 g/mol. The summed E-state index contributed by atoms with van der Waals surface area (Å²) in [5.41, 5.74) is 2.50. The van der Waals surface area contributed by atoms with Gasteiger partial charge in [-0.1, -0.05) is 26.7 Å². The summed E-state index contributed by atoms with van der Waals surface area (Å²) >= 11 is 0. The standard InChI is InChI=1S/C15H27N3/c1-11(2)7-13-5-4-6-15(8-13)16-9-14-10-17-18-12(14)3/h10-11,13,15-16H,4-9H2,1-3H3,(H,17,18). The number of aryl methyl sites for hydroxylation is 1. The fourth-order valence-electron chi connectivity index (χ4n) is 3.17. The quantitative estimate of drug-likeness (QED) is 0.839. The van der Waals surface area contributed by atoms with Gasteiger partial charge in [0.15, 0.2) is 0 Å². The molecule has 0 aromatic carbocycles. The molecular formula is C15H27N3. The van der Waals surface area contributed by atoms with E-state index in [1.165, 1.54) is 43.4 Å². The predicted octanol–water partition coefficient (Wildman–Crippen LogP) is 3.41. The summed E-state index contributed by atoms with van der Waals surface area (Å²) in [6.45, 7) is 7.73. The topological polar surface area (TPSA) is 40.7 Å². The summed E-state index contributed by atoms with van der Waals surface area (Å²) in [4.78, 5) is 0. The van der Waals surface area contributed by atoms with Crippen molar-refractivity contribution >= 4 is 0 Å². The van der Waals surface area contributed by atoms with E-state index in [1.807, 2.05) is 6.20 Å². The average Bonchev–Trinajstić information content (AvgIpc) is 2.72. The molecule has 1 saturated carbocycles. The number of H-pyrrole nitrogens is 1. The normalized spacial score (nSPS) is 24.7. The molecule has 1 aliphatic carbocycles. The summed E-state index contributed by atoms with van der Waals surface area (Å²) in [6, 6.07) is 0.705. The summed E-state index contributed by atoms with van der Waals surface area (Å²) < 4.78 is 0. The molecule has 2 N–H and O–H groups in total. The van der Waals surface area contributed by atoms with Crippen LogP contribution in [0.2, 0.25) is 0 Å². The molecule has 1 aromatic heterocycles. The van der Waals surface area contributed by atoms with Gasteiger partial charge in [0, 0.05) is 23.8 Å². The van der Waals surface area contributed by atoms with Gasteiger partial charge in [-0.2, -0.15) is 5.10 Å². The van der Waals surface area contributed by atoms with E-state index in [2.05, 4.69) is 36.3 Å². The molecule has 1 aromatic rings. The van der Waals surface area contributed by atoms with Gasteiger partial charge in [0.25, 0.3) is 0 Å². The number of aromatic amines is 1. The summed E-state index contributed by atoms with van der Waals surface area (Å²) in [5, 5.41) is 10.8. The number of nitrogens with zero attached hydrogens (tertiary/aromatic N) is 1. The highest BCUT2D eigenvalue weighted by Gasteiger charge is 2.22. The molecule has 0 aliphatic heterocycles. The lowest BCUT2D eigenvalue weighted by atomic mass is 9.81. The largest absolute Gasteiger partial charge is 0.310 e. The third-order valence-electron chi connectivity index (χ3n) is 4.10. The average molecular weight is 249 g/mol. The third kappa shape index (κ3) is 3.84. The van der Waals surface area contributed by atoms with Crippen molar-refractivity contribution in [3.05, 3.63) is 17.5 Å². The fraction of sp³-hybridized carbons (Fsp3) is 0.800. The van der Waals surface area contributed by atoms with E-state index in [0.29, 0.717) is 6.04 Å². The molecule has 1 heterocycles. The van der Waals surface area contributed by atoms with E-state index in [4.69, 9.17) is 0 Å². The van der Waals surface area contributed by atoms with E-state index in [9.17, 15) is 0 Å². The minimum Gasteiger partial charge on any atom is -0.310 e. The van der Waals surface area contributed by atoms with Crippen molar-refractivity contribution in [3.63, 3.8) is 0 Å². The molecule has 3 heteroatoms. The van der Waals surface area contributed by atoms with Crippen LogP contribution in [-0.2, 0) is 6.54 Å². The monoisotopic (exact) mass is 249 g/mol. The Kier molecular flexibility index (Phi) is 4.81. The van der Waals surface area contributed by atoms with E-state index < -0.39 is 0 Å². The zero-order valence-corrected chi connectivity index (χ0v) is 12.0. The van der Waals surface area contributed by atoms with Gasteiger partial charge in [0.05, 0.1) is 6.20 Å². The van der Waals surface area contributed by atoms with E-state index in [0.717, 1.165) is 18.4 Å². The first-order valence-corrected chi connectivity index (χ1v) is 7.37. The third-order valence-corrected chi connectivity index (χ3v) is 4.10. The molecule has 0 spiro atoms. The Morgan fingerprint density at radius 2 is 2.28 bits per heavy atom. The second-order valence-electron chi connectivity index (χ2n) is 6.26. The SMILES string of the molecule is Cc1[nH]ncc1CNC1CCCC(CC(C)C)C1. The summed E-state index contributed by atoms with van der Waals surface area (Å²) in [5.74, 6) is 1.77. The van der Waals surface area contributed by atoms with Crippen LogP contribution in [0.4, 0.5) is 0 Å². The Balaban J connectivity index is 1.77. The molecule has 0 saturated heterocycles. The molecule has 3 nitrogen and oxygen atoms in total. The highest BCUT2D eigenvalue weighted by atomic mass is 15.1. The van der Waals surface area contributed by atoms with Gasteiger partial charge in [-0.15, -0.1) is 0 Å². The van der Waals surface area contributed by atoms with E-state index in [1.54, 1.807) is 0 Å². The number of rotatable bonds is 5. The molecule has 2 atom stereocenters. The van der Waals surface area contributed by atoms with E-state index >= 15 is 0 Å². The maximum absolute atomic E-state index is 4.07. The summed E-state index contributed by atoms with van der Waals surface area (Å²) in [6.07, 6.45) is 8.85. The molecule has 0 bridgehead atoms. The Hall–Kier alpha value is -0.830. The minimum atomic E-state index is 0.705. The smallest absolute Gasteiger partial charge is 0.0535 e. The van der Waals surface area contributed by atoms with Crippen LogP contribution in [0.25, 0.3) is 0 Å². The van der Waals surface area contributed by atoms with Crippen molar-refractivity contribution in [3.8, 4) is 0 Å². The van der Waals surface area contributed by atoms with Crippen molar-refractivity contribution in [2.24, 2.45) is 11.8 Å². The second kappa shape index (κ2) is 6.37. The lowest BCUT2D eigenvalue weighted by Crippen LogP contribution is -2.34. The molecule has 1 aliphatic rings. The van der Waals surface area contributed by atoms with Crippen LogP contribution >= 0.6 is 0 Å². The highest BCUT2D eigenvalue weighted by molar-refractivity contribution is 5.13. The molecule has 0 amide bonds. The van der Waals surface area contributed by atoms with Gasteiger partial charge < -0.3 is 5.32 Å². The van der Waals surface area contributed by atoms with Gasteiger partial charge in [0.2, 0.25) is 0 Å². The first kappa shape index (κ1) is 13.6. The van der Waals surface area contributed by atoms with Crippen LogP contribution in [-0.4, -0.2) is 16.2 Å². The van der Waals surface area contributed by atoms with Gasteiger partial charge in [-0.3, -0.25) is 5.10 Å². The molecule has 2 unspecified atom stereocenters.